The number of hydrogen-bond acceptors (Lipinski definition) is 6. The van der Waals surface area contributed by atoms with Crippen molar-refractivity contribution in [3.63, 3.8) is 0 Å². The second-order valence-electron chi connectivity index (χ2n) is 7.03. The molecule has 2 aliphatic heterocycles. The van der Waals surface area contributed by atoms with Gasteiger partial charge in [0.15, 0.2) is 5.16 Å². The summed E-state index contributed by atoms with van der Waals surface area (Å²) < 4.78 is 0. The monoisotopic (exact) mass is 426 g/mol. The fraction of sp³-hybridized carbons (Fsp3) is 0.667. The second-order valence-corrected chi connectivity index (χ2v) is 8.36. The number of thioether (sulfide) groups is 1. The number of urea groups is 1. The number of carbonyl (C=O) groups excluding carboxylic acids is 2. The van der Waals surface area contributed by atoms with E-state index in [0.717, 1.165) is 31.7 Å². The lowest BCUT2D eigenvalue weighted by Crippen LogP contribution is -2.56. The van der Waals surface area contributed by atoms with Crippen molar-refractivity contribution in [3.05, 3.63) is 11.2 Å². The number of piperazine rings is 1. The lowest BCUT2D eigenvalue weighted by atomic mass is 10.2. The van der Waals surface area contributed by atoms with Crippen LogP contribution in [0.5, 0.6) is 0 Å². The first-order valence-electron chi connectivity index (χ1n) is 9.72. The third-order valence-corrected chi connectivity index (χ3v) is 6.01. The molecule has 1 N–H and O–H groups in total. The SMILES string of the molecule is CCNC(=O)N1CCN(c2cc(Cl)nc(SCC(=O)N3CCCC3)n2)CC1C. The molecular formula is C18H27ClN6O2S. The third-order valence-electron chi connectivity index (χ3n) is 4.98. The van der Waals surface area contributed by atoms with Crippen molar-refractivity contribution in [2.45, 2.75) is 37.9 Å². The molecule has 0 aromatic carbocycles. The maximum absolute atomic E-state index is 12.2. The Labute approximate surface area is 175 Å². The number of rotatable bonds is 5. The second kappa shape index (κ2) is 9.65. The topological polar surface area (TPSA) is 81.7 Å². The van der Waals surface area contributed by atoms with Crippen LogP contribution >= 0.6 is 23.4 Å². The predicted molar refractivity (Wildman–Crippen MR) is 111 cm³/mol. The molecule has 0 bridgehead atoms. The van der Waals surface area contributed by atoms with Gasteiger partial charge in [-0.2, -0.15) is 0 Å². The molecule has 2 aliphatic rings. The molecule has 8 nitrogen and oxygen atoms in total. The zero-order valence-corrected chi connectivity index (χ0v) is 17.9. The molecule has 1 aromatic rings. The molecule has 2 saturated heterocycles. The number of aromatic nitrogens is 2. The molecule has 2 fully saturated rings. The van der Waals surface area contributed by atoms with Crippen LogP contribution in [0.15, 0.2) is 11.2 Å². The quantitative estimate of drug-likeness (QED) is 0.441. The van der Waals surface area contributed by atoms with E-state index in [1.54, 1.807) is 6.07 Å². The van der Waals surface area contributed by atoms with Crippen molar-refractivity contribution in [3.8, 4) is 0 Å². The van der Waals surface area contributed by atoms with E-state index in [1.807, 2.05) is 23.6 Å². The van der Waals surface area contributed by atoms with Gasteiger partial charge in [-0.05, 0) is 26.7 Å². The van der Waals surface area contributed by atoms with E-state index in [2.05, 4.69) is 20.2 Å². The molecular weight excluding hydrogens is 400 g/mol. The molecule has 1 aromatic heterocycles. The Hall–Kier alpha value is -1.74. The molecule has 0 radical (unpaired) electrons. The largest absolute Gasteiger partial charge is 0.353 e. The molecule has 0 saturated carbocycles. The average molecular weight is 427 g/mol. The maximum atomic E-state index is 12.2. The van der Waals surface area contributed by atoms with E-state index in [4.69, 9.17) is 11.6 Å². The molecule has 154 valence electrons. The van der Waals surface area contributed by atoms with Gasteiger partial charge < -0.3 is 20.0 Å². The summed E-state index contributed by atoms with van der Waals surface area (Å²) in [5.41, 5.74) is 0. The van der Waals surface area contributed by atoms with Crippen LogP contribution in [0.1, 0.15) is 26.7 Å². The number of amides is 3. The molecule has 0 aliphatic carbocycles. The van der Waals surface area contributed by atoms with Gasteiger partial charge in [-0.1, -0.05) is 23.4 Å². The van der Waals surface area contributed by atoms with Gasteiger partial charge in [-0.25, -0.2) is 14.8 Å². The molecule has 28 heavy (non-hydrogen) atoms. The fourth-order valence-corrected chi connectivity index (χ4v) is 4.50. The van der Waals surface area contributed by atoms with Crippen LogP contribution < -0.4 is 10.2 Å². The number of hydrogen-bond donors (Lipinski definition) is 1. The third kappa shape index (κ3) is 5.20. The first-order chi connectivity index (χ1) is 13.5. The minimum Gasteiger partial charge on any atom is -0.353 e. The summed E-state index contributed by atoms with van der Waals surface area (Å²) in [5.74, 6) is 1.18. The normalized spacial score (nSPS) is 19.8. The van der Waals surface area contributed by atoms with Crippen molar-refractivity contribution < 1.29 is 9.59 Å². The lowest BCUT2D eigenvalue weighted by molar-refractivity contribution is -0.127. The number of likely N-dealkylation sites (tertiary alicyclic amines) is 1. The van der Waals surface area contributed by atoms with Crippen LogP contribution in [0.25, 0.3) is 0 Å². The minimum atomic E-state index is -0.0351. The van der Waals surface area contributed by atoms with Crippen LogP contribution in [0.2, 0.25) is 5.15 Å². The van der Waals surface area contributed by atoms with E-state index in [1.165, 1.54) is 11.8 Å². The van der Waals surface area contributed by atoms with Gasteiger partial charge in [0, 0.05) is 51.4 Å². The highest BCUT2D eigenvalue weighted by atomic mass is 35.5. The molecule has 1 atom stereocenters. The lowest BCUT2D eigenvalue weighted by Gasteiger charge is -2.40. The van der Waals surface area contributed by atoms with Crippen LogP contribution in [-0.4, -0.2) is 82.8 Å². The highest BCUT2D eigenvalue weighted by Gasteiger charge is 2.28. The zero-order valence-electron chi connectivity index (χ0n) is 16.4. The molecule has 3 heterocycles. The summed E-state index contributed by atoms with van der Waals surface area (Å²) in [6.45, 7) is 8.19. The van der Waals surface area contributed by atoms with Gasteiger partial charge in [0.1, 0.15) is 11.0 Å². The summed E-state index contributed by atoms with van der Waals surface area (Å²) in [6.07, 6.45) is 2.16. The Morgan fingerprint density at radius 2 is 2.00 bits per heavy atom. The predicted octanol–water partition coefficient (Wildman–Crippen LogP) is 2.08. The molecule has 3 amide bonds. The minimum absolute atomic E-state index is 0.0351. The maximum Gasteiger partial charge on any atom is 0.317 e. The van der Waals surface area contributed by atoms with Gasteiger partial charge in [0.25, 0.3) is 0 Å². The van der Waals surface area contributed by atoms with Crippen molar-refractivity contribution in [1.29, 1.82) is 0 Å². The van der Waals surface area contributed by atoms with E-state index >= 15 is 0 Å². The smallest absolute Gasteiger partial charge is 0.317 e. The molecule has 3 rings (SSSR count). The molecule has 1 unspecified atom stereocenters. The number of carbonyl (C=O) groups is 2. The van der Waals surface area contributed by atoms with Gasteiger partial charge >= 0.3 is 6.03 Å². The molecule has 10 heteroatoms. The summed E-state index contributed by atoms with van der Waals surface area (Å²) in [7, 11) is 0. The number of halogens is 1. The first kappa shape index (κ1) is 21.0. The zero-order chi connectivity index (χ0) is 20.1. The van der Waals surface area contributed by atoms with Crippen molar-refractivity contribution >= 4 is 41.1 Å². The summed E-state index contributed by atoms with van der Waals surface area (Å²) in [4.78, 5) is 39.1. The average Bonchev–Trinajstić information content (AvgIpc) is 3.20. The van der Waals surface area contributed by atoms with Gasteiger partial charge in [-0.3, -0.25) is 4.79 Å². The number of nitrogens with one attached hydrogen (secondary N) is 1. The summed E-state index contributed by atoms with van der Waals surface area (Å²) >= 11 is 7.53. The van der Waals surface area contributed by atoms with Crippen LogP contribution in [-0.2, 0) is 4.79 Å². The van der Waals surface area contributed by atoms with E-state index in [0.29, 0.717) is 42.2 Å². The molecule has 0 spiro atoms. The summed E-state index contributed by atoms with van der Waals surface area (Å²) in [5, 5.41) is 3.72. The van der Waals surface area contributed by atoms with Gasteiger partial charge in [-0.15, -0.1) is 0 Å². The van der Waals surface area contributed by atoms with Crippen molar-refractivity contribution in [1.82, 2.24) is 25.1 Å². The standard InChI is InChI=1S/C18H27ClN6O2S/c1-3-20-18(27)25-9-8-24(11-13(25)2)15-10-14(19)21-17(22-15)28-12-16(26)23-6-4-5-7-23/h10,13H,3-9,11-12H2,1-2H3,(H,20,27). The van der Waals surface area contributed by atoms with Crippen LogP contribution in [0, 0.1) is 0 Å². The van der Waals surface area contributed by atoms with E-state index in [-0.39, 0.29) is 18.0 Å². The Bertz CT molecular complexity index is 715. The Kier molecular flexibility index (Phi) is 7.23. The number of anilines is 1. The van der Waals surface area contributed by atoms with Gasteiger partial charge in [0.2, 0.25) is 5.91 Å². The highest BCUT2D eigenvalue weighted by molar-refractivity contribution is 7.99. The Morgan fingerprint density at radius 1 is 1.25 bits per heavy atom. The van der Waals surface area contributed by atoms with E-state index in [9.17, 15) is 9.59 Å². The van der Waals surface area contributed by atoms with Crippen molar-refractivity contribution in [2.75, 3.05) is 49.9 Å². The van der Waals surface area contributed by atoms with Gasteiger partial charge in [0.05, 0.1) is 5.75 Å². The highest BCUT2D eigenvalue weighted by Crippen LogP contribution is 2.24. The Balaban J connectivity index is 1.61. The summed E-state index contributed by atoms with van der Waals surface area (Å²) in [6, 6.07) is 1.76. The Morgan fingerprint density at radius 3 is 2.68 bits per heavy atom. The van der Waals surface area contributed by atoms with E-state index < -0.39 is 0 Å². The van der Waals surface area contributed by atoms with Crippen LogP contribution in [0.4, 0.5) is 10.6 Å². The number of nitrogens with zero attached hydrogens (tertiary/aromatic N) is 5. The van der Waals surface area contributed by atoms with Crippen molar-refractivity contribution in [2.24, 2.45) is 0 Å². The fourth-order valence-electron chi connectivity index (χ4n) is 3.52. The van der Waals surface area contributed by atoms with Crippen LogP contribution in [0.3, 0.4) is 0 Å². The first-order valence-corrected chi connectivity index (χ1v) is 11.1.